The number of carbonyl (C=O) groups is 2. The second-order valence-electron chi connectivity index (χ2n) is 8.23. The molecule has 37 heavy (non-hydrogen) atoms. The highest BCUT2D eigenvalue weighted by Crippen LogP contribution is 2.69. The van der Waals surface area contributed by atoms with Gasteiger partial charge in [-0.05, 0) is 43.4 Å². The molecule has 0 radical (unpaired) electrons. The van der Waals surface area contributed by atoms with Crippen molar-refractivity contribution in [2.24, 2.45) is 5.73 Å². The minimum atomic E-state index is -5.51. The third-order valence-electron chi connectivity index (χ3n) is 5.42. The number of anilines is 1. The van der Waals surface area contributed by atoms with Crippen LogP contribution >= 0.6 is 38.4 Å². The van der Waals surface area contributed by atoms with Gasteiger partial charge in [-0.3, -0.25) is 18.7 Å². The Morgan fingerprint density at radius 1 is 0.973 bits per heavy atom. The van der Waals surface area contributed by atoms with Crippen LogP contribution in [0.15, 0.2) is 24.3 Å². The van der Waals surface area contributed by atoms with E-state index in [4.69, 9.17) is 48.5 Å². The number of unbranched alkanes of at least 4 members (excludes halogenated alkanes) is 1. The van der Waals surface area contributed by atoms with Gasteiger partial charge in [0.1, 0.15) is 0 Å². The third-order valence-corrected chi connectivity index (χ3v) is 9.63. The minimum Gasteiger partial charge on any atom is -0.369 e. The van der Waals surface area contributed by atoms with Crippen LogP contribution in [-0.2, 0) is 25.1 Å². The topological polar surface area (TPSA) is 223 Å². The van der Waals surface area contributed by atoms with E-state index in [1.54, 1.807) is 0 Å². The lowest BCUT2D eigenvalue weighted by Gasteiger charge is -2.29. The minimum absolute atomic E-state index is 0.0179. The molecule has 0 heterocycles. The fourth-order valence-corrected chi connectivity index (χ4v) is 5.96. The van der Waals surface area contributed by atoms with E-state index in [-0.39, 0.29) is 32.4 Å². The van der Waals surface area contributed by atoms with Crippen LogP contribution in [0.5, 0.6) is 0 Å². The molecule has 1 rings (SSSR count). The van der Waals surface area contributed by atoms with E-state index in [9.17, 15) is 23.8 Å². The maximum Gasteiger partial charge on any atom is 0.369 e. The predicted octanol–water partition coefficient (Wildman–Crippen LogP) is 0.245. The molecule has 0 spiro atoms. The number of hydrogen-bond acceptors (Lipinski definition) is 7. The SMILES string of the molecule is N[C@@H](Cc1ccc(N(CCCl)CCCl)cc1)C(=O)NCC(=O)NCCCCC(O)(P(=O)(O)O)P(=O)(O)O. The zero-order valence-electron chi connectivity index (χ0n) is 20.0. The van der Waals surface area contributed by atoms with Crippen LogP contribution in [0.4, 0.5) is 5.69 Å². The summed E-state index contributed by atoms with van der Waals surface area (Å²) in [7, 11) is -11.0. The Balaban J connectivity index is 2.42. The van der Waals surface area contributed by atoms with Crippen molar-refractivity contribution in [2.45, 2.75) is 36.8 Å². The van der Waals surface area contributed by atoms with E-state index < -0.39 is 44.6 Å². The van der Waals surface area contributed by atoms with E-state index in [2.05, 4.69) is 10.6 Å². The average molecular weight is 607 g/mol. The number of nitrogens with zero attached hydrogens (tertiary/aromatic N) is 1. The van der Waals surface area contributed by atoms with Crippen LogP contribution in [0.1, 0.15) is 24.8 Å². The first-order chi connectivity index (χ1) is 17.2. The summed E-state index contributed by atoms with van der Waals surface area (Å²) in [5.41, 5.74) is 7.69. The van der Waals surface area contributed by atoms with Crippen LogP contribution in [-0.4, -0.2) is 85.6 Å². The van der Waals surface area contributed by atoms with Gasteiger partial charge in [0.2, 0.25) is 11.8 Å². The summed E-state index contributed by atoms with van der Waals surface area (Å²) in [5, 5.41) is 11.2. The van der Waals surface area contributed by atoms with Gasteiger partial charge < -0.3 is 45.9 Å². The second kappa shape index (κ2) is 15.4. The second-order valence-corrected chi connectivity index (χ2v) is 13.0. The molecule has 0 saturated carbocycles. The Hall–Kier alpha value is -1.24. The van der Waals surface area contributed by atoms with E-state index in [1.807, 2.05) is 29.2 Å². The molecule has 9 N–H and O–H groups in total. The van der Waals surface area contributed by atoms with Crippen molar-refractivity contribution in [3.63, 3.8) is 0 Å². The summed E-state index contributed by atoms with van der Waals surface area (Å²) in [5.74, 6) is -0.205. The molecule has 1 aromatic rings. The highest BCUT2D eigenvalue weighted by Gasteiger charge is 2.58. The van der Waals surface area contributed by atoms with Gasteiger partial charge in [-0.1, -0.05) is 12.1 Å². The van der Waals surface area contributed by atoms with Crippen LogP contribution in [0.25, 0.3) is 0 Å². The highest BCUT2D eigenvalue weighted by atomic mass is 35.5. The highest BCUT2D eigenvalue weighted by molar-refractivity contribution is 7.72. The molecule has 0 aliphatic heterocycles. The summed E-state index contributed by atoms with van der Waals surface area (Å²) >= 11 is 11.6. The number of nitrogens with one attached hydrogen (secondary N) is 2. The molecule has 0 aromatic heterocycles. The monoisotopic (exact) mass is 606 g/mol. The molecule has 1 atom stereocenters. The summed E-state index contributed by atoms with van der Waals surface area (Å²) in [6, 6.07) is 6.54. The molecule has 17 heteroatoms. The van der Waals surface area contributed by atoms with Crippen molar-refractivity contribution in [1.82, 2.24) is 10.6 Å². The van der Waals surface area contributed by atoms with Crippen molar-refractivity contribution < 1.29 is 43.4 Å². The standard InChI is InChI=1S/C20H34Cl2N4O9P2/c21-8-11-26(12-9-22)16-5-3-15(4-6-16)13-17(23)19(28)25-14-18(27)24-10-2-1-7-20(29,36(30,31)32)37(33,34)35/h3-6,17,29H,1-2,7-14,23H2,(H,24,27)(H,25,28)(H2,30,31,32)(H2,33,34,35)/t17-/m0/s1. The van der Waals surface area contributed by atoms with Gasteiger partial charge in [-0.25, -0.2) is 0 Å². The quantitative estimate of drug-likeness (QED) is 0.0681. The molecule has 0 aliphatic carbocycles. The van der Waals surface area contributed by atoms with Crippen LogP contribution < -0.4 is 21.3 Å². The molecule has 0 unspecified atom stereocenters. The number of aliphatic hydroxyl groups is 1. The Labute approximate surface area is 225 Å². The van der Waals surface area contributed by atoms with Crippen LogP contribution in [0, 0.1) is 0 Å². The van der Waals surface area contributed by atoms with Gasteiger partial charge in [0.05, 0.1) is 12.6 Å². The Morgan fingerprint density at radius 2 is 1.51 bits per heavy atom. The lowest BCUT2D eigenvalue weighted by molar-refractivity contribution is -0.126. The molecular weight excluding hydrogens is 573 g/mol. The van der Waals surface area contributed by atoms with Crippen molar-refractivity contribution >= 4 is 55.9 Å². The van der Waals surface area contributed by atoms with Gasteiger partial charge in [-0.2, -0.15) is 0 Å². The first kappa shape index (κ1) is 33.8. The number of halogens is 2. The van der Waals surface area contributed by atoms with Crippen LogP contribution in [0.3, 0.4) is 0 Å². The molecule has 0 saturated heterocycles. The molecule has 0 fully saturated rings. The lowest BCUT2D eigenvalue weighted by atomic mass is 10.1. The van der Waals surface area contributed by atoms with E-state index in [0.29, 0.717) is 24.8 Å². The normalized spacial score (nSPS) is 13.2. The number of amides is 2. The molecule has 2 amide bonds. The van der Waals surface area contributed by atoms with Crippen LogP contribution in [0.2, 0.25) is 0 Å². The summed E-state index contributed by atoms with van der Waals surface area (Å²) in [6.07, 6.45) is -0.772. The van der Waals surface area contributed by atoms with Crippen molar-refractivity contribution in [2.75, 3.05) is 42.8 Å². The maximum atomic E-state index is 12.2. The van der Waals surface area contributed by atoms with E-state index in [1.165, 1.54) is 0 Å². The number of alkyl halides is 2. The van der Waals surface area contributed by atoms with Crippen molar-refractivity contribution in [3.05, 3.63) is 29.8 Å². The average Bonchev–Trinajstić information content (AvgIpc) is 2.81. The van der Waals surface area contributed by atoms with Crippen molar-refractivity contribution in [1.29, 1.82) is 0 Å². The van der Waals surface area contributed by atoms with Gasteiger partial charge in [0, 0.05) is 37.1 Å². The smallest absolute Gasteiger partial charge is 0.369 e. The number of hydrogen-bond donors (Lipinski definition) is 8. The van der Waals surface area contributed by atoms with E-state index in [0.717, 1.165) is 11.3 Å². The molecule has 1 aromatic carbocycles. The zero-order chi connectivity index (χ0) is 28.3. The van der Waals surface area contributed by atoms with Gasteiger partial charge in [-0.15, -0.1) is 23.2 Å². The first-order valence-corrected chi connectivity index (χ1v) is 15.5. The number of rotatable bonds is 17. The number of benzene rings is 1. The summed E-state index contributed by atoms with van der Waals surface area (Å²) in [6.45, 7) is 0.892. The van der Waals surface area contributed by atoms with Gasteiger partial charge >= 0.3 is 15.2 Å². The number of carbonyl (C=O) groups excluding carboxylic acids is 2. The summed E-state index contributed by atoms with van der Waals surface area (Å²) in [4.78, 5) is 62.6. The van der Waals surface area contributed by atoms with E-state index >= 15 is 0 Å². The lowest BCUT2D eigenvalue weighted by Crippen LogP contribution is -2.46. The Bertz CT molecular complexity index is 947. The number of nitrogens with two attached hydrogens (primary N) is 1. The zero-order valence-corrected chi connectivity index (χ0v) is 23.3. The fourth-order valence-electron chi connectivity index (χ4n) is 3.30. The van der Waals surface area contributed by atoms with Crippen molar-refractivity contribution in [3.8, 4) is 0 Å². The molecule has 0 aliphatic rings. The van der Waals surface area contributed by atoms with Gasteiger partial charge in [0.15, 0.2) is 0 Å². The maximum absolute atomic E-state index is 12.2. The predicted molar refractivity (Wildman–Crippen MR) is 141 cm³/mol. The van der Waals surface area contributed by atoms with Gasteiger partial charge in [0.25, 0.3) is 5.08 Å². The molecule has 0 bridgehead atoms. The first-order valence-electron chi connectivity index (χ1n) is 11.3. The summed E-state index contributed by atoms with van der Waals surface area (Å²) < 4.78 is 22.6. The largest absolute Gasteiger partial charge is 0.369 e. The molecule has 212 valence electrons. The third kappa shape index (κ3) is 10.8. The Kier molecular flexibility index (Phi) is 14.0. The molecular formula is C20H34Cl2N4O9P2. The fraction of sp³-hybridized carbons (Fsp3) is 0.600. The molecule has 13 nitrogen and oxygen atoms in total. The Morgan fingerprint density at radius 3 is 2.00 bits per heavy atom.